The van der Waals surface area contributed by atoms with Crippen LogP contribution in [-0.4, -0.2) is 10.2 Å². The number of aromatic nitrogens is 2. The van der Waals surface area contributed by atoms with Crippen molar-refractivity contribution in [2.75, 3.05) is 0 Å². The fraction of sp³-hybridized carbons (Fsp3) is 0. The Morgan fingerprint density at radius 3 is 2.53 bits per heavy atom. The van der Waals surface area contributed by atoms with Gasteiger partial charge in [0.15, 0.2) is 5.76 Å². The predicted molar refractivity (Wildman–Crippen MR) is 62.4 cm³/mol. The van der Waals surface area contributed by atoms with Gasteiger partial charge in [0, 0.05) is 0 Å². The van der Waals surface area contributed by atoms with E-state index in [0.717, 1.165) is 0 Å². The summed E-state index contributed by atoms with van der Waals surface area (Å²) in [6, 6.07) is 10.8. The SMILES string of the molecule is Clc1ccccc1-c1nnc(-c2ccco2)o1. The van der Waals surface area contributed by atoms with E-state index in [-0.39, 0.29) is 0 Å². The lowest BCUT2D eigenvalue weighted by Crippen LogP contribution is -1.78. The second kappa shape index (κ2) is 4.07. The number of hydrogen-bond acceptors (Lipinski definition) is 4. The molecule has 0 spiro atoms. The Labute approximate surface area is 102 Å². The van der Waals surface area contributed by atoms with Crippen LogP contribution in [0, 0.1) is 0 Å². The van der Waals surface area contributed by atoms with Gasteiger partial charge in [-0.05, 0) is 24.3 Å². The molecule has 84 valence electrons. The van der Waals surface area contributed by atoms with Crippen molar-refractivity contribution in [1.29, 1.82) is 0 Å². The molecule has 0 N–H and O–H groups in total. The third kappa shape index (κ3) is 1.83. The van der Waals surface area contributed by atoms with E-state index >= 15 is 0 Å². The highest BCUT2D eigenvalue weighted by molar-refractivity contribution is 6.33. The van der Waals surface area contributed by atoms with Crippen LogP contribution in [0.2, 0.25) is 5.02 Å². The van der Waals surface area contributed by atoms with E-state index in [9.17, 15) is 0 Å². The molecule has 5 heteroatoms. The Bertz CT molecular complexity index is 632. The molecule has 0 amide bonds. The standard InChI is InChI=1S/C12H7ClN2O2/c13-9-5-2-1-4-8(9)11-14-15-12(17-11)10-6-3-7-16-10/h1-7H. The summed E-state index contributed by atoms with van der Waals surface area (Å²) in [6.07, 6.45) is 1.55. The fourth-order valence-electron chi connectivity index (χ4n) is 1.47. The van der Waals surface area contributed by atoms with Crippen LogP contribution in [0.25, 0.3) is 23.1 Å². The fourth-order valence-corrected chi connectivity index (χ4v) is 1.68. The molecule has 0 atom stereocenters. The van der Waals surface area contributed by atoms with Gasteiger partial charge in [-0.2, -0.15) is 0 Å². The van der Waals surface area contributed by atoms with Crippen LogP contribution >= 0.6 is 11.6 Å². The van der Waals surface area contributed by atoms with Crippen molar-refractivity contribution in [3.63, 3.8) is 0 Å². The van der Waals surface area contributed by atoms with Crippen LogP contribution in [0.1, 0.15) is 0 Å². The van der Waals surface area contributed by atoms with Crippen molar-refractivity contribution in [2.45, 2.75) is 0 Å². The maximum absolute atomic E-state index is 6.04. The molecule has 4 nitrogen and oxygen atoms in total. The third-order valence-corrected chi connectivity index (χ3v) is 2.59. The normalized spacial score (nSPS) is 10.6. The molecule has 1 aromatic carbocycles. The topological polar surface area (TPSA) is 52.1 Å². The molecule has 0 aliphatic rings. The Kier molecular flexibility index (Phi) is 2.42. The molecular weight excluding hydrogens is 240 g/mol. The molecule has 0 aliphatic carbocycles. The van der Waals surface area contributed by atoms with Crippen LogP contribution in [0.3, 0.4) is 0 Å². The highest BCUT2D eigenvalue weighted by Crippen LogP contribution is 2.28. The van der Waals surface area contributed by atoms with E-state index in [1.807, 2.05) is 18.2 Å². The Morgan fingerprint density at radius 2 is 1.76 bits per heavy atom. The second-order valence-corrected chi connectivity index (χ2v) is 3.78. The lowest BCUT2D eigenvalue weighted by atomic mass is 10.2. The van der Waals surface area contributed by atoms with Crippen molar-refractivity contribution >= 4 is 11.6 Å². The van der Waals surface area contributed by atoms with Crippen LogP contribution in [0.4, 0.5) is 0 Å². The first-order valence-corrected chi connectivity index (χ1v) is 5.34. The van der Waals surface area contributed by atoms with Gasteiger partial charge in [0.25, 0.3) is 5.89 Å². The van der Waals surface area contributed by atoms with Gasteiger partial charge in [-0.15, -0.1) is 10.2 Å². The average molecular weight is 247 g/mol. The zero-order valence-electron chi connectivity index (χ0n) is 8.63. The number of furan rings is 1. The summed E-state index contributed by atoms with van der Waals surface area (Å²) in [5.41, 5.74) is 0.708. The molecule has 0 unspecified atom stereocenters. The van der Waals surface area contributed by atoms with Gasteiger partial charge in [-0.3, -0.25) is 0 Å². The van der Waals surface area contributed by atoms with Crippen molar-refractivity contribution in [3.8, 4) is 23.1 Å². The molecule has 0 aliphatic heterocycles. The Morgan fingerprint density at radius 1 is 0.941 bits per heavy atom. The molecule has 0 fully saturated rings. The van der Waals surface area contributed by atoms with E-state index in [2.05, 4.69) is 10.2 Å². The zero-order chi connectivity index (χ0) is 11.7. The van der Waals surface area contributed by atoms with Crippen molar-refractivity contribution in [1.82, 2.24) is 10.2 Å². The van der Waals surface area contributed by atoms with Gasteiger partial charge in [0.1, 0.15) is 0 Å². The summed E-state index contributed by atoms with van der Waals surface area (Å²) in [5, 5.41) is 8.42. The smallest absolute Gasteiger partial charge is 0.283 e. The van der Waals surface area contributed by atoms with Crippen molar-refractivity contribution in [2.24, 2.45) is 0 Å². The summed E-state index contributed by atoms with van der Waals surface area (Å²) in [5.74, 6) is 1.25. The number of benzene rings is 1. The lowest BCUT2D eigenvalue weighted by molar-refractivity contribution is 0.523. The van der Waals surface area contributed by atoms with Gasteiger partial charge < -0.3 is 8.83 Å². The van der Waals surface area contributed by atoms with Gasteiger partial charge in [0.05, 0.1) is 16.8 Å². The van der Waals surface area contributed by atoms with Crippen LogP contribution in [-0.2, 0) is 0 Å². The molecule has 17 heavy (non-hydrogen) atoms. The van der Waals surface area contributed by atoms with Gasteiger partial charge in [-0.1, -0.05) is 23.7 Å². The molecule has 2 aromatic heterocycles. The van der Waals surface area contributed by atoms with Gasteiger partial charge in [-0.25, -0.2) is 0 Å². The highest BCUT2D eigenvalue weighted by atomic mass is 35.5. The molecule has 2 heterocycles. The summed E-state index contributed by atoms with van der Waals surface area (Å²) in [7, 11) is 0. The van der Waals surface area contributed by atoms with Crippen LogP contribution in [0.15, 0.2) is 51.5 Å². The molecule has 0 saturated heterocycles. The maximum atomic E-state index is 6.04. The summed E-state index contributed by atoms with van der Waals surface area (Å²) in [6.45, 7) is 0. The number of rotatable bonds is 2. The monoisotopic (exact) mass is 246 g/mol. The van der Waals surface area contributed by atoms with Crippen molar-refractivity contribution in [3.05, 3.63) is 47.7 Å². The molecule has 3 rings (SSSR count). The summed E-state index contributed by atoms with van der Waals surface area (Å²) in [4.78, 5) is 0. The Hall–Kier alpha value is -2.07. The molecule has 0 radical (unpaired) electrons. The first-order chi connectivity index (χ1) is 8.34. The second-order valence-electron chi connectivity index (χ2n) is 3.37. The van der Waals surface area contributed by atoms with E-state index in [4.69, 9.17) is 20.4 Å². The maximum Gasteiger partial charge on any atom is 0.283 e. The van der Waals surface area contributed by atoms with Crippen molar-refractivity contribution < 1.29 is 8.83 Å². The van der Waals surface area contributed by atoms with E-state index < -0.39 is 0 Å². The summed E-state index contributed by atoms with van der Waals surface area (Å²) < 4.78 is 10.7. The Balaban J connectivity index is 2.04. The first kappa shape index (κ1) is 10.1. The van der Waals surface area contributed by atoms with E-state index in [1.54, 1.807) is 24.5 Å². The van der Waals surface area contributed by atoms with Crippen LogP contribution in [0.5, 0.6) is 0 Å². The van der Waals surface area contributed by atoms with Crippen LogP contribution < -0.4 is 0 Å². The van der Waals surface area contributed by atoms with E-state index in [1.165, 1.54) is 0 Å². The minimum atomic E-state index is 0.338. The minimum Gasteiger partial charge on any atom is -0.459 e. The summed E-state index contributed by atoms with van der Waals surface area (Å²) >= 11 is 6.04. The average Bonchev–Trinajstić information content (AvgIpc) is 3.00. The van der Waals surface area contributed by atoms with Gasteiger partial charge >= 0.3 is 0 Å². The minimum absolute atomic E-state index is 0.338. The lowest BCUT2D eigenvalue weighted by Gasteiger charge is -1.96. The number of halogens is 1. The van der Waals surface area contributed by atoms with Gasteiger partial charge in [0.2, 0.25) is 5.89 Å². The number of nitrogens with zero attached hydrogens (tertiary/aromatic N) is 2. The predicted octanol–water partition coefficient (Wildman–Crippen LogP) is 3.65. The quantitative estimate of drug-likeness (QED) is 0.693. The third-order valence-electron chi connectivity index (χ3n) is 2.26. The molecule has 3 aromatic rings. The highest BCUT2D eigenvalue weighted by Gasteiger charge is 2.13. The van der Waals surface area contributed by atoms with E-state index in [0.29, 0.717) is 28.1 Å². The zero-order valence-corrected chi connectivity index (χ0v) is 9.39. The largest absolute Gasteiger partial charge is 0.459 e. The molecular formula is C12H7ClN2O2. The molecule has 0 saturated carbocycles. The first-order valence-electron chi connectivity index (χ1n) is 4.97. The molecule has 0 bridgehead atoms. The number of hydrogen-bond donors (Lipinski definition) is 0.